The zero-order chi connectivity index (χ0) is 17.1. The van der Waals surface area contributed by atoms with Gasteiger partial charge in [-0.15, -0.1) is 0 Å². The quantitative estimate of drug-likeness (QED) is 0.685. The topological polar surface area (TPSA) is 67.8 Å². The molecule has 2 aromatic carbocycles. The van der Waals surface area contributed by atoms with Crippen LogP contribution in [0, 0.1) is 0 Å². The smallest absolute Gasteiger partial charge is 0.363 e. The zero-order valence-electron chi connectivity index (χ0n) is 12.7. The SMILES string of the molecule is CC(=O)Nc1ccc(/C=C2\N=C(c3ccc(Cl)cc3)OC2=O)cc1. The lowest BCUT2D eigenvalue weighted by atomic mass is 10.1. The summed E-state index contributed by atoms with van der Waals surface area (Å²) in [6, 6.07) is 13.9. The molecule has 2 aromatic rings. The van der Waals surface area contributed by atoms with Gasteiger partial charge in [0.1, 0.15) is 0 Å². The van der Waals surface area contributed by atoms with Crippen LogP contribution in [0.5, 0.6) is 0 Å². The van der Waals surface area contributed by atoms with Gasteiger partial charge in [-0.2, -0.15) is 0 Å². The van der Waals surface area contributed by atoms with Crippen molar-refractivity contribution in [1.29, 1.82) is 0 Å². The number of hydrogen-bond acceptors (Lipinski definition) is 4. The summed E-state index contributed by atoms with van der Waals surface area (Å²) >= 11 is 5.84. The van der Waals surface area contributed by atoms with Gasteiger partial charge < -0.3 is 10.1 Å². The van der Waals surface area contributed by atoms with Gasteiger partial charge in [-0.1, -0.05) is 23.7 Å². The second-order valence-corrected chi connectivity index (χ2v) is 5.58. The van der Waals surface area contributed by atoms with E-state index in [1.165, 1.54) is 6.92 Å². The van der Waals surface area contributed by atoms with Crippen molar-refractivity contribution in [2.45, 2.75) is 6.92 Å². The van der Waals surface area contributed by atoms with Crippen LogP contribution in [0.25, 0.3) is 6.08 Å². The first kappa shape index (κ1) is 16.0. The van der Waals surface area contributed by atoms with E-state index in [1.807, 2.05) is 0 Å². The first-order valence-electron chi connectivity index (χ1n) is 7.17. The van der Waals surface area contributed by atoms with Crippen LogP contribution in [-0.4, -0.2) is 17.8 Å². The minimum atomic E-state index is -0.508. The van der Waals surface area contributed by atoms with Crippen LogP contribution in [-0.2, 0) is 14.3 Å². The summed E-state index contributed by atoms with van der Waals surface area (Å²) in [7, 11) is 0. The molecule has 0 radical (unpaired) electrons. The number of esters is 1. The van der Waals surface area contributed by atoms with Crippen LogP contribution in [0.2, 0.25) is 5.02 Å². The van der Waals surface area contributed by atoms with E-state index in [0.29, 0.717) is 16.3 Å². The number of rotatable bonds is 3. The van der Waals surface area contributed by atoms with Gasteiger partial charge in [-0.25, -0.2) is 9.79 Å². The largest absolute Gasteiger partial charge is 0.402 e. The van der Waals surface area contributed by atoms with Crippen LogP contribution < -0.4 is 5.32 Å². The summed E-state index contributed by atoms with van der Waals surface area (Å²) in [6.45, 7) is 1.44. The summed E-state index contributed by atoms with van der Waals surface area (Å²) in [5, 5.41) is 3.27. The van der Waals surface area contributed by atoms with Crippen molar-refractivity contribution in [1.82, 2.24) is 0 Å². The van der Waals surface area contributed by atoms with Crippen molar-refractivity contribution in [2.75, 3.05) is 5.32 Å². The molecular formula is C18H13ClN2O3. The van der Waals surface area contributed by atoms with E-state index < -0.39 is 5.97 Å². The van der Waals surface area contributed by atoms with Crippen molar-refractivity contribution in [3.63, 3.8) is 0 Å². The second-order valence-electron chi connectivity index (χ2n) is 5.15. The van der Waals surface area contributed by atoms with Crippen molar-refractivity contribution < 1.29 is 14.3 Å². The normalized spacial score (nSPS) is 15.2. The molecule has 0 aliphatic carbocycles. The van der Waals surface area contributed by atoms with Gasteiger partial charge in [0.25, 0.3) is 0 Å². The highest BCUT2D eigenvalue weighted by atomic mass is 35.5. The lowest BCUT2D eigenvalue weighted by Gasteiger charge is -2.01. The van der Waals surface area contributed by atoms with Gasteiger partial charge in [0.05, 0.1) is 0 Å². The van der Waals surface area contributed by atoms with Gasteiger partial charge in [-0.3, -0.25) is 4.79 Å². The van der Waals surface area contributed by atoms with Crippen LogP contribution in [0.4, 0.5) is 5.69 Å². The number of halogens is 1. The maximum atomic E-state index is 12.0. The molecule has 1 amide bonds. The molecule has 0 fully saturated rings. The fraction of sp³-hybridized carbons (Fsp3) is 0.0556. The second kappa shape index (κ2) is 6.68. The van der Waals surface area contributed by atoms with Gasteiger partial charge in [0.2, 0.25) is 11.8 Å². The van der Waals surface area contributed by atoms with Crippen LogP contribution >= 0.6 is 11.6 Å². The lowest BCUT2D eigenvalue weighted by molar-refractivity contribution is -0.129. The first-order valence-corrected chi connectivity index (χ1v) is 7.55. The van der Waals surface area contributed by atoms with E-state index in [-0.39, 0.29) is 17.5 Å². The Morgan fingerprint density at radius 2 is 1.79 bits per heavy atom. The monoisotopic (exact) mass is 340 g/mol. The molecule has 24 heavy (non-hydrogen) atoms. The van der Waals surface area contributed by atoms with E-state index in [0.717, 1.165) is 5.56 Å². The molecule has 0 spiro atoms. The van der Waals surface area contributed by atoms with Crippen molar-refractivity contribution in [2.24, 2.45) is 4.99 Å². The molecule has 3 rings (SSSR count). The van der Waals surface area contributed by atoms with Crippen molar-refractivity contribution >= 4 is 41.1 Å². The van der Waals surface area contributed by atoms with Crippen LogP contribution in [0.15, 0.2) is 59.2 Å². The summed E-state index contributed by atoms with van der Waals surface area (Å²) in [6.07, 6.45) is 1.63. The summed E-state index contributed by atoms with van der Waals surface area (Å²) in [4.78, 5) is 27.2. The van der Waals surface area contributed by atoms with E-state index in [2.05, 4.69) is 10.3 Å². The standard InChI is InChI=1S/C18H13ClN2O3/c1-11(22)20-15-8-2-12(3-9-15)10-16-18(23)24-17(21-16)13-4-6-14(19)7-5-13/h2-10H,1H3,(H,20,22)/b16-10-. The number of cyclic esters (lactones) is 1. The Hall–Kier alpha value is -2.92. The first-order chi connectivity index (χ1) is 11.5. The molecule has 1 aliphatic heterocycles. The highest BCUT2D eigenvalue weighted by Crippen LogP contribution is 2.21. The number of benzene rings is 2. The van der Waals surface area contributed by atoms with Crippen molar-refractivity contribution in [3.05, 3.63) is 70.4 Å². The minimum absolute atomic E-state index is 0.141. The average Bonchev–Trinajstić information content (AvgIpc) is 2.90. The summed E-state index contributed by atoms with van der Waals surface area (Å²) in [5.41, 5.74) is 2.35. The average molecular weight is 341 g/mol. The molecule has 1 heterocycles. The third-order valence-electron chi connectivity index (χ3n) is 3.25. The zero-order valence-corrected chi connectivity index (χ0v) is 13.5. The van der Waals surface area contributed by atoms with Gasteiger partial charge in [0.15, 0.2) is 5.70 Å². The number of anilines is 1. The molecule has 120 valence electrons. The number of aliphatic imine (C=N–C) groups is 1. The van der Waals surface area contributed by atoms with Gasteiger partial charge in [-0.05, 0) is 48.0 Å². The molecule has 1 aliphatic rings. The Kier molecular flexibility index (Phi) is 4.44. The fourth-order valence-electron chi connectivity index (χ4n) is 2.15. The number of nitrogens with zero attached hydrogens (tertiary/aromatic N) is 1. The molecular weight excluding hydrogens is 328 g/mol. The number of carbonyl (C=O) groups excluding carboxylic acids is 2. The molecule has 6 heteroatoms. The molecule has 0 saturated heterocycles. The van der Waals surface area contributed by atoms with Crippen LogP contribution in [0.1, 0.15) is 18.1 Å². The Morgan fingerprint density at radius 1 is 1.12 bits per heavy atom. The minimum Gasteiger partial charge on any atom is -0.402 e. The molecule has 5 nitrogen and oxygen atoms in total. The Labute approximate surface area is 143 Å². The Morgan fingerprint density at radius 3 is 2.42 bits per heavy atom. The Balaban J connectivity index is 1.83. The molecule has 0 aromatic heterocycles. The molecule has 0 atom stereocenters. The van der Waals surface area contributed by atoms with E-state index in [4.69, 9.17) is 16.3 Å². The van der Waals surface area contributed by atoms with E-state index >= 15 is 0 Å². The molecule has 0 unspecified atom stereocenters. The molecule has 1 N–H and O–H groups in total. The number of hydrogen-bond donors (Lipinski definition) is 1. The predicted molar refractivity (Wildman–Crippen MR) is 92.8 cm³/mol. The summed E-state index contributed by atoms with van der Waals surface area (Å²) in [5.74, 6) is -0.402. The third-order valence-corrected chi connectivity index (χ3v) is 3.50. The molecule has 0 saturated carbocycles. The van der Waals surface area contributed by atoms with Gasteiger partial charge >= 0.3 is 5.97 Å². The highest BCUT2D eigenvalue weighted by Gasteiger charge is 2.23. The van der Waals surface area contributed by atoms with Crippen molar-refractivity contribution in [3.8, 4) is 0 Å². The Bertz CT molecular complexity index is 853. The number of ether oxygens (including phenoxy) is 1. The van der Waals surface area contributed by atoms with E-state index in [9.17, 15) is 9.59 Å². The maximum absolute atomic E-state index is 12.0. The fourth-order valence-corrected chi connectivity index (χ4v) is 2.27. The van der Waals surface area contributed by atoms with E-state index in [1.54, 1.807) is 54.6 Å². The van der Waals surface area contributed by atoms with Gasteiger partial charge in [0, 0.05) is 23.2 Å². The number of amides is 1. The number of nitrogens with one attached hydrogen (secondary N) is 1. The molecule has 0 bridgehead atoms. The number of carbonyl (C=O) groups is 2. The van der Waals surface area contributed by atoms with Crippen LogP contribution in [0.3, 0.4) is 0 Å². The highest BCUT2D eigenvalue weighted by molar-refractivity contribution is 6.30. The summed E-state index contributed by atoms with van der Waals surface area (Å²) < 4.78 is 5.19. The predicted octanol–water partition coefficient (Wildman–Crippen LogP) is 3.64. The maximum Gasteiger partial charge on any atom is 0.363 e. The lowest BCUT2D eigenvalue weighted by Crippen LogP contribution is -2.05. The third kappa shape index (κ3) is 3.70.